The van der Waals surface area contributed by atoms with E-state index in [2.05, 4.69) is 10.6 Å². The van der Waals surface area contributed by atoms with Crippen molar-refractivity contribution in [1.29, 1.82) is 0 Å². The van der Waals surface area contributed by atoms with E-state index in [0.29, 0.717) is 12.4 Å². The molecule has 0 atom stereocenters. The smallest absolute Gasteiger partial charge is 0.306 e. The van der Waals surface area contributed by atoms with Crippen molar-refractivity contribution in [2.24, 2.45) is 0 Å². The second-order valence-electron chi connectivity index (χ2n) is 5.08. The Morgan fingerprint density at radius 3 is 2.65 bits per heavy atom. The van der Waals surface area contributed by atoms with Gasteiger partial charge in [-0.1, -0.05) is 12.1 Å². The lowest BCUT2D eigenvalue weighted by Gasteiger charge is -2.10. The van der Waals surface area contributed by atoms with Crippen LogP contribution in [0.5, 0.6) is 5.75 Å². The summed E-state index contributed by atoms with van der Waals surface area (Å²) in [7, 11) is 0. The molecule has 0 spiro atoms. The van der Waals surface area contributed by atoms with E-state index in [1.807, 2.05) is 0 Å². The van der Waals surface area contributed by atoms with Gasteiger partial charge < -0.3 is 15.4 Å². The van der Waals surface area contributed by atoms with E-state index in [9.17, 15) is 24.1 Å². The van der Waals surface area contributed by atoms with Gasteiger partial charge >= 0.3 is 5.69 Å². The number of carbonyl (C=O) groups excluding carboxylic acids is 2. The van der Waals surface area contributed by atoms with Crippen LogP contribution in [0.3, 0.4) is 0 Å². The van der Waals surface area contributed by atoms with Gasteiger partial charge in [0.2, 0.25) is 11.7 Å². The molecule has 8 nitrogen and oxygen atoms in total. The molecule has 9 heteroatoms. The summed E-state index contributed by atoms with van der Waals surface area (Å²) in [5.41, 5.74) is -0.427. The van der Waals surface area contributed by atoms with E-state index in [-0.39, 0.29) is 17.8 Å². The number of anilines is 1. The average molecular weight is 361 g/mol. The first kappa shape index (κ1) is 18.8. The van der Waals surface area contributed by atoms with Crippen molar-refractivity contribution in [3.63, 3.8) is 0 Å². The van der Waals surface area contributed by atoms with Gasteiger partial charge in [0.15, 0.2) is 0 Å². The second-order valence-corrected chi connectivity index (χ2v) is 5.08. The lowest BCUT2D eigenvalue weighted by molar-refractivity contribution is -0.387. The van der Waals surface area contributed by atoms with E-state index in [1.165, 1.54) is 6.07 Å². The van der Waals surface area contributed by atoms with Crippen molar-refractivity contribution in [2.75, 3.05) is 18.5 Å². The number of hydrogen-bond acceptors (Lipinski definition) is 5. The summed E-state index contributed by atoms with van der Waals surface area (Å²) in [5.74, 6) is -1.74. The summed E-state index contributed by atoms with van der Waals surface area (Å²) in [6.07, 6.45) is 0. The highest BCUT2D eigenvalue weighted by molar-refractivity contribution is 6.00. The SMILES string of the molecule is CCOc1ccccc1C(=O)NCC(=O)Nc1ccc(F)c([N+](=O)[O-])c1. The Hall–Kier alpha value is -3.49. The number of carbonyl (C=O) groups is 2. The lowest BCUT2D eigenvalue weighted by atomic mass is 10.2. The molecule has 0 heterocycles. The third kappa shape index (κ3) is 4.76. The van der Waals surface area contributed by atoms with Crippen molar-refractivity contribution < 1.29 is 23.6 Å². The molecule has 0 aliphatic heterocycles. The van der Waals surface area contributed by atoms with Crippen molar-refractivity contribution in [3.05, 3.63) is 64.0 Å². The van der Waals surface area contributed by atoms with Crippen LogP contribution < -0.4 is 15.4 Å². The fourth-order valence-corrected chi connectivity index (χ4v) is 2.13. The van der Waals surface area contributed by atoms with Crippen molar-refractivity contribution in [3.8, 4) is 5.75 Å². The van der Waals surface area contributed by atoms with Gasteiger partial charge in [-0.25, -0.2) is 0 Å². The number of hydrogen-bond donors (Lipinski definition) is 2. The Labute approximate surface area is 148 Å². The number of nitro groups is 1. The number of nitro benzene ring substituents is 1. The maximum absolute atomic E-state index is 13.3. The van der Waals surface area contributed by atoms with Crippen LogP contribution in [0.25, 0.3) is 0 Å². The molecule has 0 radical (unpaired) electrons. The zero-order valence-electron chi connectivity index (χ0n) is 13.8. The highest BCUT2D eigenvalue weighted by Crippen LogP contribution is 2.21. The number of rotatable bonds is 7. The van der Waals surface area contributed by atoms with E-state index >= 15 is 0 Å². The van der Waals surface area contributed by atoms with E-state index in [4.69, 9.17) is 4.74 Å². The summed E-state index contributed by atoms with van der Waals surface area (Å²) in [6, 6.07) is 9.54. The van der Waals surface area contributed by atoms with E-state index in [1.54, 1.807) is 31.2 Å². The Balaban J connectivity index is 1.98. The number of ether oxygens (including phenoxy) is 1. The van der Waals surface area contributed by atoms with Gasteiger partial charge in [0.25, 0.3) is 5.91 Å². The molecule has 0 aliphatic rings. The highest BCUT2D eigenvalue weighted by atomic mass is 19.1. The quantitative estimate of drug-likeness (QED) is 0.581. The number of nitrogens with zero attached hydrogens (tertiary/aromatic N) is 1. The molecule has 0 saturated heterocycles. The molecule has 2 rings (SSSR count). The summed E-state index contributed by atoms with van der Waals surface area (Å²) in [5, 5.41) is 15.5. The Kier molecular flexibility index (Phi) is 6.20. The normalized spacial score (nSPS) is 10.1. The van der Waals surface area contributed by atoms with Gasteiger partial charge in [-0.2, -0.15) is 4.39 Å². The van der Waals surface area contributed by atoms with Crippen LogP contribution in [-0.2, 0) is 4.79 Å². The molecule has 2 aromatic carbocycles. The maximum Gasteiger partial charge on any atom is 0.306 e. The Bertz CT molecular complexity index is 841. The summed E-state index contributed by atoms with van der Waals surface area (Å²) < 4.78 is 18.6. The highest BCUT2D eigenvalue weighted by Gasteiger charge is 2.16. The maximum atomic E-state index is 13.3. The monoisotopic (exact) mass is 361 g/mol. The molecule has 2 aromatic rings. The summed E-state index contributed by atoms with van der Waals surface area (Å²) in [4.78, 5) is 33.9. The summed E-state index contributed by atoms with van der Waals surface area (Å²) in [6.45, 7) is 1.79. The van der Waals surface area contributed by atoms with Gasteiger partial charge in [-0.05, 0) is 31.2 Å². The molecule has 0 saturated carbocycles. The lowest BCUT2D eigenvalue weighted by Crippen LogP contribution is -2.33. The first-order valence-corrected chi connectivity index (χ1v) is 7.66. The molecular formula is C17H16FN3O5. The minimum absolute atomic E-state index is 0.0482. The molecule has 0 aliphatic carbocycles. The molecule has 0 fully saturated rings. The molecular weight excluding hydrogens is 345 g/mol. The standard InChI is InChI=1S/C17H16FN3O5/c1-2-26-15-6-4-3-5-12(15)17(23)19-10-16(22)20-11-7-8-13(18)14(9-11)21(24)25/h3-9H,2,10H2,1H3,(H,19,23)(H,20,22). The second kappa shape index (κ2) is 8.56. The van der Waals surface area contributed by atoms with Gasteiger partial charge in [0, 0.05) is 11.8 Å². The predicted octanol–water partition coefficient (Wildman–Crippen LogP) is 2.50. The van der Waals surface area contributed by atoms with E-state index < -0.39 is 28.2 Å². The molecule has 136 valence electrons. The topological polar surface area (TPSA) is 111 Å². The molecule has 2 amide bonds. The molecule has 0 aromatic heterocycles. The fraction of sp³-hybridized carbons (Fsp3) is 0.176. The van der Waals surface area contributed by atoms with E-state index in [0.717, 1.165) is 12.1 Å². The van der Waals surface area contributed by atoms with Crippen molar-refractivity contribution >= 4 is 23.2 Å². The number of nitrogens with one attached hydrogen (secondary N) is 2. The molecule has 26 heavy (non-hydrogen) atoms. The van der Waals surface area contributed by atoms with Crippen LogP contribution >= 0.6 is 0 Å². The first-order chi connectivity index (χ1) is 12.4. The molecule has 2 N–H and O–H groups in total. The fourth-order valence-electron chi connectivity index (χ4n) is 2.13. The number of benzene rings is 2. The van der Waals surface area contributed by atoms with Crippen molar-refractivity contribution in [2.45, 2.75) is 6.92 Å². The number of halogens is 1. The Morgan fingerprint density at radius 2 is 1.96 bits per heavy atom. The van der Waals surface area contributed by atoms with Crippen LogP contribution in [0.15, 0.2) is 42.5 Å². The average Bonchev–Trinajstić information content (AvgIpc) is 2.62. The minimum Gasteiger partial charge on any atom is -0.493 e. The zero-order valence-corrected chi connectivity index (χ0v) is 13.8. The van der Waals surface area contributed by atoms with Gasteiger partial charge in [-0.15, -0.1) is 0 Å². The summed E-state index contributed by atoms with van der Waals surface area (Å²) >= 11 is 0. The Morgan fingerprint density at radius 1 is 1.23 bits per heavy atom. The van der Waals surface area contributed by atoms with Crippen molar-refractivity contribution in [1.82, 2.24) is 5.32 Å². The largest absolute Gasteiger partial charge is 0.493 e. The van der Waals surface area contributed by atoms with Crippen LogP contribution in [0.4, 0.5) is 15.8 Å². The third-order valence-electron chi connectivity index (χ3n) is 3.27. The van der Waals surface area contributed by atoms with Crippen LogP contribution in [0.2, 0.25) is 0 Å². The predicted molar refractivity (Wildman–Crippen MR) is 91.6 cm³/mol. The first-order valence-electron chi connectivity index (χ1n) is 7.66. The van der Waals surface area contributed by atoms with Crippen LogP contribution in [-0.4, -0.2) is 29.9 Å². The number of para-hydroxylation sites is 1. The number of amides is 2. The van der Waals surface area contributed by atoms with Gasteiger partial charge in [0.1, 0.15) is 5.75 Å². The minimum atomic E-state index is -1.01. The zero-order chi connectivity index (χ0) is 19.1. The van der Waals surface area contributed by atoms with Crippen LogP contribution in [0.1, 0.15) is 17.3 Å². The third-order valence-corrected chi connectivity index (χ3v) is 3.27. The molecule has 0 unspecified atom stereocenters. The molecule has 0 bridgehead atoms. The van der Waals surface area contributed by atoms with Gasteiger partial charge in [-0.3, -0.25) is 19.7 Å². The van der Waals surface area contributed by atoms with Crippen LogP contribution in [0, 0.1) is 15.9 Å². The van der Waals surface area contributed by atoms with Gasteiger partial charge in [0.05, 0.1) is 23.6 Å².